The fourth-order valence-electron chi connectivity index (χ4n) is 3.98. The standard InChI is InChI=1S/C27H24BrN5O3S/c28-24-17-29-33-26(16-25(31-27(24)33)20-9-5-2-6-10-20)30-21-11-13-23(14-12-21)37(35,36)32-22(18-34)15-19-7-3-1-4-8-19/h1-14,16-17,22,30,32,34H,15,18H2/t22-/m1/s1. The van der Waals surface area contributed by atoms with Crippen LogP contribution in [0.15, 0.2) is 107 Å². The van der Waals surface area contributed by atoms with E-state index in [1.165, 1.54) is 12.1 Å². The van der Waals surface area contributed by atoms with Gasteiger partial charge in [0, 0.05) is 23.4 Å². The van der Waals surface area contributed by atoms with Crippen molar-refractivity contribution in [2.75, 3.05) is 11.9 Å². The molecule has 0 aliphatic rings. The first-order valence-electron chi connectivity index (χ1n) is 11.6. The Kier molecular flexibility index (Phi) is 7.33. The van der Waals surface area contributed by atoms with Crippen molar-refractivity contribution in [3.63, 3.8) is 0 Å². The number of aliphatic hydroxyl groups excluding tert-OH is 1. The third-order valence-electron chi connectivity index (χ3n) is 5.80. The molecular formula is C27H24BrN5O3S. The molecule has 188 valence electrons. The smallest absolute Gasteiger partial charge is 0.240 e. The molecule has 0 spiro atoms. The number of aliphatic hydroxyl groups is 1. The van der Waals surface area contributed by atoms with E-state index in [1.54, 1.807) is 22.8 Å². The Morgan fingerprint density at radius 1 is 0.946 bits per heavy atom. The summed E-state index contributed by atoms with van der Waals surface area (Å²) in [5.74, 6) is 0.673. The number of aromatic nitrogens is 3. The summed E-state index contributed by atoms with van der Waals surface area (Å²) in [6, 6.07) is 26.9. The number of nitrogens with zero attached hydrogens (tertiary/aromatic N) is 3. The zero-order valence-electron chi connectivity index (χ0n) is 19.6. The van der Waals surface area contributed by atoms with Crippen LogP contribution in [0.3, 0.4) is 0 Å². The van der Waals surface area contributed by atoms with E-state index in [4.69, 9.17) is 4.98 Å². The van der Waals surface area contributed by atoms with Crippen molar-refractivity contribution in [2.24, 2.45) is 0 Å². The maximum absolute atomic E-state index is 13.0. The number of fused-ring (bicyclic) bond motifs is 1. The zero-order valence-corrected chi connectivity index (χ0v) is 22.0. The van der Waals surface area contributed by atoms with Crippen molar-refractivity contribution >= 4 is 43.1 Å². The second-order valence-electron chi connectivity index (χ2n) is 8.46. The lowest BCUT2D eigenvalue weighted by Gasteiger charge is -2.17. The monoisotopic (exact) mass is 577 g/mol. The molecule has 37 heavy (non-hydrogen) atoms. The van der Waals surface area contributed by atoms with Gasteiger partial charge in [0.05, 0.1) is 27.9 Å². The summed E-state index contributed by atoms with van der Waals surface area (Å²) >= 11 is 3.51. The van der Waals surface area contributed by atoms with Crippen molar-refractivity contribution in [3.8, 4) is 11.3 Å². The molecule has 0 saturated carbocycles. The van der Waals surface area contributed by atoms with E-state index in [0.717, 1.165) is 21.3 Å². The van der Waals surface area contributed by atoms with E-state index in [0.29, 0.717) is 23.6 Å². The molecule has 5 rings (SSSR count). The maximum atomic E-state index is 13.0. The third kappa shape index (κ3) is 5.72. The molecule has 0 saturated heterocycles. The molecule has 0 bridgehead atoms. The van der Waals surface area contributed by atoms with Crippen LogP contribution in [-0.2, 0) is 16.4 Å². The summed E-state index contributed by atoms with van der Waals surface area (Å²) in [6.45, 7) is -0.311. The van der Waals surface area contributed by atoms with Gasteiger partial charge in [-0.05, 0) is 52.2 Å². The number of halogens is 1. The molecule has 0 fully saturated rings. The van der Waals surface area contributed by atoms with Crippen LogP contribution >= 0.6 is 15.9 Å². The van der Waals surface area contributed by atoms with Gasteiger partial charge >= 0.3 is 0 Å². The first-order valence-corrected chi connectivity index (χ1v) is 13.8. The highest BCUT2D eigenvalue weighted by Gasteiger charge is 2.20. The highest BCUT2D eigenvalue weighted by atomic mass is 79.9. The van der Waals surface area contributed by atoms with Crippen LogP contribution in [0.2, 0.25) is 0 Å². The van der Waals surface area contributed by atoms with Gasteiger partial charge in [-0.25, -0.2) is 18.1 Å². The molecule has 0 aliphatic heterocycles. The van der Waals surface area contributed by atoms with Gasteiger partial charge in [0.15, 0.2) is 5.65 Å². The first-order chi connectivity index (χ1) is 17.9. The van der Waals surface area contributed by atoms with E-state index < -0.39 is 16.1 Å². The molecule has 0 radical (unpaired) electrons. The molecule has 5 aromatic rings. The summed E-state index contributed by atoms with van der Waals surface area (Å²) in [4.78, 5) is 4.83. The molecule has 2 aromatic heterocycles. The number of sulfonamides is 1. The van der Waals surface area contributed by atoms with Gasteiger partial charge in [-0.15, -0.1) is 0 Å². The Labute approximate surface area is 223 Å². The van der Waals surface area contributed by atoms with Crippen molar-refractivity contribution in [1.82, 2.24) is 19.3 Å². The second-order valence-corrected chi connectivity index (χ2v) is 11.0. The summed E-state index contributed by atoms with van der Waals surface area (Å²) in [5, 5.41) is 17.5. The normalized spacial score (nSPS) is 12.5. The minimum absolute atomic E-state index is 0.108. The third-order valence-corrected chi connectivity index (χ3v) is 7.90. The quantitative estimate of drug-likeness (QED) is 0.232. The summed E-state index contributed by atoms with van der Waals surface area (Å²) in [7, 11) is -3.83. The Morgan fingerprint density at radius 3 is 2.30 bits per heavy atom. The average Bonchev–Trinajstić information content (AvgIpc) is 3.30. The molecule has 0 unspecified atom stereocenters. The lowest BCUT2D eigenvalue weighted by molar-refractivity contribution is 0.256. The van der Waals surface area contributed by atoms with Crippen molar-refractivity contribution in [1.29, 1.82) is 0 Å². The minimum atomic E-state index is -3.83. The van der Waals surface area contributed by atoms with E-state index in [1.807, 2.05) is 66.7 Å². The van der Waals surface area contributed by atoms with Crippen molar-refractivity contribution in [3.05, 3.63) is 107 Å². The summed E-state index contributed by atoms with van der Waals surface area (Å²) < 4.78 is 31.0. The largest absolute Gasteiger partial charge is 0.395 e. The van der Waals surface area contributed by atoms with Crippen LogP contribution in [0, 0.1) is 0 Å². The number of nitrogens with one attached hydrogen (secondary N) is 2. The average molecular weight is 578 g/mol. The van der Waals surface area contributed by atoms with E-state index in [2.05, 4.69) is 31.1 Å². The first kappa shape index (κ1) is 25.1. The Balaban J connectivity index is 1.37. The molecule has 8 nitrogen and oxygen atoms in total. The summed E-state index contributed by atoms with van der Waals surface area (Å²) in [6.07, 6.45) is 2.06. The van der Waals surface area contributed by atoms with Crippen molar-refractivity contribution < 1.29 is 13.5 Å². The van der Waals surface area contributed by atoms with E-state index in [9.17, 15) is 13.5 Å². The van der Waals surface area contributed by atoms with E-state index >= 15 is 0 Å². The van der Waals surface area contributed by atoms with Crippen LogP contribution in [0.25, 0.3) is 16.9 Å². The van der Waals surface area contributed by atoms with Gasteiger partial charge in [-0.3, -0.25) is 0 Å². The predicted octanol–water partition coefficient (Wildman–Crippen LogP) is 4.78. The predicted molar refractivity (Wildman–Crippen MR) is 147 cm³/mol. The lowest BCUT2D eigenvalue weighted by atomic mass is 10.1. The minimum Gasteiger partial charge on any atom is -0.395 e. The Morgan fingerprint density at radius 2 is 1.62 bits per heavy atom. The molecule has 0 amide bonds. The van der Waals surface area contributed by atoms with Gasteiger partial charge in [0.25, 0.3) is 0 Å². The molecule has 3 aromatic carbocycles. The number of hydrogen-bond acceptors (Lipinski definition) is 6. The zero-order chi connectivity index (χ0) is 25.8. The second kappa shape index (κ2) is 10.8. The number of rotatable bonds is 9. The molecule has 10 heteroatoms. The van der Waals surface area contributed by atoms with Crippen LogP contribution in [0.4, 0.5) is 11.5 Å². The fraction of sp³-hybridized carbons (Fsp3) is 0.111. The van der Waals surface area contributed by atoms with Crippen LogP contribution in [0.5, 0.6) is 0 Å². The van der Waals surface area contributed by atoms with Gasteiger partial charge in [-0.2, -0.15) is 9.61 Å². The lowest BCUT2D eigenvalue weighted by Crippen LogP contribution is -2.39. The van der Waals surface area contributed by atoms with Crippen LogP contribution in [0.1, 0.15) is 5.56 Å². The van der Waals surface area contributed by atoms with Gasteiger partial charge < -0.3 is 10.4 Å². The highest BCUT2D eigenvalue weighted by Crippen LogP contribution is 2.28. The van der Waals surface area contributed by atoms with E-state index in [-0.39, 0.29) is 11.5 Å². The van der Waals surface area contributed by atoms with Gasteiger partial charge in [0.2, 0.25) is 10.0 Å². The summed E-state index contributed by atoms with van der Waals surface area (Å²) in [5.41, 5.74) is 4.00. The molecule has 1 atom stereocenters. The molecule has 3 N–H and O–H groups in total. The molecule has 0 aliphatic carbocycles. The van der Waals surface area contributed by atoms with Crippen LogP contribution in [-0.4, -0.2) is 40.8 Å². The molecule has 2 heterocycles. The SMILES string of the molecule is O=S(=O)(N[C@@H](CO)Cc1ccccc1)c1ccc(Nc2cc(-c3ccccc3)nc3c(Br)cnn23)cc1. The van der Waals surface area contributed by atoms with Gasteiger partial charge in [-0.1, -0.05) is 60.7 Å². The molecular weight excluding hydrogens is 554 g/mol. The Bertz CT molecular complexity index is 1610. The fourth-order valence-corrected chi connectivity index (χ4v) is 5.55. The van der Waals surface area contributed by atoms with Crippen LogP contribution < -0.4 is 10.0 Å². The topological polar surface area (TPSA) is 109 Å². The van der Waals surface area contributed by atoms with Gasteiger partial charge in [0.1, 0.15) is 5.82 Å². The highest BCUT2D eigenvalue weighted by molar-refractivity contribution is 9.10. The number of anilines is 2. The maximum Gasteiger partial charge on any atom is 0.240 e. The number of hydrogen-bond donors (Lipinski definition) is 3. The van der Waals surface area contributed by atoms with Crippen molar-refractivity contribution in [2.45, 2.75) is 17.4 Å². The number of benzene rings is 3. The Hall–Kier alpha value is -3.57.